The van der Waals surface area contributed by atoms with Gasteiger partial charge in [0.25, 0.3) is 0 Å². The maximum absolute atomic E-state index is 12.9. The average molecular weight is 421 g/mol. The van der Waals surface area contributed by atoms with Gasteiger partial charge in [0.1, 0.15) is 5.60 Å². The SMILES string of the molecule is CC(C)(C)OC(=O)N[C@H](CS(=O)(=O)Cc1cnc2ccccc2c1)[C@H]1CCCO1. The van der Waals surface area contributed by atoms with Gasteiger partial charge in [-0.25, -0.2) is 13.2 Å². The van der Waals surface area contributed by atoms with Crippen molar-refractivity contribution < 1.29 is 22.7 Å². The molecule has 29 heavy (non-hydrogen) atoms. The Labute approximate surface area is 171 Å². The molecule has 1 aliphatic heterocycles. The molecule has 0 spiro atoms. The highest BCUT2D eigenvalue weighted by Crippen LogP contribution is 2.20. The second kappa shape index (κ2) is 8.67. The molecular weight excluding hydrogens is 392 g/mol. The molecule has 0 radical (unpaired) electrons. The molecule has 1 N–H and O–H groups in total. The lowest BCUT2D eigenvalue weighted by Gasteiger charge is -2.26. The summed E-state index contributed by atoms with van der Waals surface area (Å²) in [5.41, 5.74) is 0.769. The number of hydrogen-bond acceptors (Lipinski definition) is 6. The Morgan fingerprint density at radius 3 is 2.79 bits per heavy atom. The quantitative estimate of drug-likeness (QED) is 0.771. The fraction of sp³-hybridized carbons (Fsp3) is 0.524. The number of aromatic nitrogens is 1. The Morgan fingerprint density at radius 1 is 1.34 bits per heavy atom. The van der Waals surface area contributed by atoms with E-state index in [4.69, 9.17) is 9.47 Å². The molecular formula is C21H28N2O5S. The highest BCUT2D eigenvalue weighted by molar-refractivity contribution is 7.90. The monoisotopic (exact) mass is 420 g/mol. The predicted molar refractivity (Wildman–Crippen MR) is 111 cm³/mol. The van der Waals surface area contributed by atoms with Crippen LogP contribution in [0.15, 0.2) is 36.5 Å². The van der Waals surface area contributed by atoms with Crippen LogP contribution in [0.2, 0.25) is 0 Å². The number of nitrogens with zero attached hydrogens (tertiary/aromatic N) is 1. The molecule has 2 atom stereocenters. The first kappa shape index (κ1) is 21.5. The summed E-state index contributed by atoms with van der Waals surface area (Å²) in [6, 6.07) is 8.73. The number of hydrogen-bond donors (Lipinski definition) is 1. The third-order valence-electron chi connectivity index (χ3n) is 4.58. The highest BCUT2D eigenvalue weighted by atomic mass is 32.2. The Hall–Kier alpha value is -2.19. The van der Waals surface area contributed by atoms with Gasteiger partial charge < -0.3 is 14.8 Å². The van der Waals surface area contributed by atoms with Crippen molar-refractivity contribution in [3.8, 4) is 0 Å². The number of carbonyl (C=O) groups is 1. The number of fused-ring (bicyclic) bond motifs is 1. The largest absolute Gasteiger partial charge is 0.444 e. The van der Waals surface area contributed by atoms with Gasteiger partial charge in [-0.2, -0.15) is 0 Å². The number of pyridine rings is 1. The molecule has 158 valence electrons. The van der Waals surface area contributed by atoms with Crippen molar-refractivity contribution in [2.75, 3.05) is 12.4 Å². The van der Waals surface area contributed by atoms with Crippen molar-refractivity contribution in [2.24, 2.45) is 0 Å². The van der Waals surface area contributed by atoms with Crippen molar-refractivity contribution >= 4 is 26.8 Å². The number of amides is 1. The van der Waals surface area contributed by atoms with Gasteiger partial charge in [-0.3, -0.25) is 4.98 Å². The number of alkyl carbamates (subject to hydrolysis) is 1. The lowest BCUT2D eigenvalue weighted by atomic mass is 10.1. The van der Waals surface area contributed by atoms with Crippen LogP contribution >= 0.6 is 0 Å². The molecule has 1 aliphatic rings. The first-order valence-electron chi connectivity index (χ1n) is 9.76. The number of para-hydroxylation sites is 1. The summed E-state index contributed by atoms with van der Waals surface area (Å²) in [6.07, 6.45) is 2.15. The van der Waals surface area contributed by atoms with E-state index in [0.717, 1.165) is 17.3 Å². The van der Waals surface area contributed by atoms with Crippen LogP contribution in [-0.2, 0) is 25.1 Å². The van der Waals surface area contributed by atoms with Crippen LogP contribution < -0.4 is 5.32 Å². The van der Waals surface area contributed by atoms with E-state index in [2.05, 4.69) is 10.3 Å². The summed E-state index contributed by atoms with van der Waals surface area (Å²) in [5.74, 6) is -0.367. The minimum Gasteiger partial charge on any atom is -0.444 e. The smallest absolute Gasteiger partial charge is 0.407 e. The molecule has 1 fully saturated rings. The van der Waals surface area contributed by atoms with Gasteiger partial charge in [-0.15, -0.1) is 0 Å². The van der Waals surface area contributed by atoms with Crippen molar-refractivity contribution in [1.29, 1.82) is 0 Å². The van der Waals surface area contributed by atoms with Gasteiger partial charge in [0, 0.05) is 18.2 Å². The van der Waals surface area contributed by atoms with Crippen molar-refractivity contribution in [3.05, 3.63) is 42.1 Å². The maximum Gasteiger partial charge on any atom is 0.407 e. The second-order valence-electron chi connectivity index (χ2n) is 8.40. The van der Waals surface area contributed by atoms with Crippen LogP contribution in [-0.4, -0.2) is 49.6 Å². The van der Waals surface area contributed by atoms with E-state index in [1.807, 2.05) is 30.3 Å². The third-order valence-corrected chi connectivity index (χ3v) is 6.22. The van der Waals surface area contributed by atoms with E-state index in [1.54, 1.807) is 27.0 Å². The van der Waals surface area contributed by atoms with Crippen LogP contribution in [0, 0.1) is 0 Å². The van der Waals surface area contributed by atoms with E-state index < -0.39 is 27.6 Å². The first-order valence-corrected chi connectivity index (χ1v) is 11.6. The molecule has 0 saturated carbocycles. The van der Waals surface area contributed by atoms with E-state index >= 15 is 0 Å². The summed E-state index contributed by atoms with van der Waals surface area (Å²) in [7, 11) is -3.52. The van der Waals surface area contributed by atoms with Gasteiger partial charge >= 0.3 is 6.09 Å². The number of benzene rings is 1. The summed E-state index contributed by atoms with van der Waals surface area (Å²) < 4.78 is 36.7. The van der Waals surface area contributed by atoms with Gasteiger partial charge in [0.2, 0.25) is 0 Å². The van der Waals surface area contributed by atoms with E-state index in [1.165, 1.54) is 0 Å². The lowest BCUT2D eigenvalue weighted by molar-refractivity contribution is 0.0391. The Kier molecular flexibility index (Phi) is 6.43. The number of rotatable bonds is 6. The molecule has 0 unspecified atom stereocenters. The van der Waals surface area contributed by atoms with Gasteiger partial charge in [-0.05, 0) is 51.3 Å². The zero-order valence-corrected chi connectivity index (χ0v) is 17.9. The van der Waals surface area contributed by atoms with Crippen LogP contribution in [0.25, 0.3) is 10.9 Å². The molecule has 1 saturated heterocycles. The molecule has 1 aromatic heterocycles. The van der Waals surface area contributed by atoms with Crippen molar-refractivity contribution in [2.45, 2.75) is 57.1 Å². The summed E-state index contributed by atoms with van der Waals surface area (Å²) in [4.78, 5) is 16.6. The topological polar surface area (TPSA) is 94.6 Å². The lowest BCUT2D eigenvalue weighted by Crippen LogP contribution is -2.49. The molecule has 1 aromatic carbocycles. The van der Waals surface area contributed by atoms with Crippen LogP contribution in [0.4, 0.5) is 4.79 Å². The number of ether oxygens (including phenoxy) is 2. The molecule has 0 bridgehead atoms. The molecule has 2 heterocycles. The fourth-order valence-corrected chi connectivity index (χ4v) is 5.03. The molecule has 7 nitrogen and oxygen atoms in total. The zero-order chi connectivity index (χ0) is 21.1. The fourth-order valence-electron chi connectivity index (χ4n) is 3.40. The number of nitrogens with one attached hydrogen (secondary N) is 1. The molecule has 8 heteroatoms. The van der Waals surface area contributed by atoms with Gasteiger partial charge in [-0.1, -0.05) is 18.2 Å². The summed E-state index contributed by atoms with van der Waals surface area (Å²) in [6.45, 7) is 5.84. The summed E-state index contributed by atoms with van der Waals surface area (Å²) in [5, 5.41) is 3.60. The molecule has 2 aromatic rings. The van der Waals surface area contributed by atoms with Gasteiger partial charge in [0.15, 0.2) is 9.84 Å². The minimum absolute atomic E-state index is 0.149. The van der Waals surface area contributed by atoms with Crippen LogP contribution in [0.3, 0.4) is 0 Å². The normalized spacial score (nSPS) is 18.5. The predicted octanol–water partition coefficient (Wildman–Crippen LogP) is 3.22. The van der Waals surface area contributed by atoms with Crippen molar-refractivity contribution in [3.63, 3.8) is 0 Å². The van der Waals surface area contributed by atoms with Crippen molar-refractivity contribution in [1.82, 2.24) is 10.3 Å². The third kappa shape index (κ3) is 6.40. The minimum atomic E-state index is -3.52. The van der Waals surface area contributed by atoms with E-state index in [0.29, 0.717) is 18.6 Å². The zero-order valence-electron chi connectivity index (χ0n) is 17.1. The Bertz CT molecular complexity index is 962. The highest BCUT2D eigenvalue weighted by Gasteiger charge is 2.33. The second-order valence-corrected chi connectivity index (χ2v) is 10.5. The Morgan fingerprint density at radius 2 is 2.10 bits per heavy atom. The Balaban J connectivity index is 1.72. The van der Waals surface area contributed by atoms with E-state index in [-0.39, 0.29) is 17.6 Å². The number of carbonyl (C=O) groups excluding carboxylic acids is 1. The molecule has 0 aliphatic carbocycles. The molecule has 3 rings (SSSR count). The molecule has 1 amide bonds. The van der Waals surface area contributed by atoms with Crippen LogP contribution in [0.5, 0.6) is 0 Å². The standard InChI is InChI=1S/C21H28N2O5S/c1-21(2,3)28-20(24)23-18(19-9-6-10-27-19)14-29(25,26)13-15-11-16-7-4-5-8-17(16)22-12-15/h4-5,7-8,11-12,18-19H,6,9-10,13-14H2,1-3H3,(H,23,24)/t18-,19-/m1/s1. The summed E-state index contributed by atoms with van der Waals surface area (Å²) >= 11 is 0. The average Bonchev–Trinajstić information content (AvgIpc) is 3.13. The number of sulfone groups is 1. The van der Waals surface area contributed by atoms with Crippen LogP contribution in [0.1, 0.15) is 39.2 Å². The van der Waals surface area contributed by atoms with Gasteiger partial charge in [0.05, 0.1) is 29.2 Å². The van der Waals surface area contributed by atoms with E-state index in [9.17, 15) is 13.2 Å². The first-order chi connectivity index (χ1) is 13.6. The maximum atomic E-state index is 12.9.